The Kier molecular flexibility index (Phi) is 5.96. The van der Waals surface area contributed by atoms with E-state index in [1.165, 1.54) is 11.3 Å². The van der Waals surface area contributed by atoms with E-state index in [0.717, 1.165) is 45.2 Å². The molecule has 1 aliphatic rings. The summed E-state index contributed by atoms with van der Waals surface area (Å²) in [7, 11) is 1.67. The number of benzene rings is 2. The Hall–Kier alpha value is -3.44. The number of hydrogen-bond acceptors (Lipinski definition) is 5. The van der Waals surface area contributed by atoms with Gasteiger partial charge in [0, 0.05) is 39.5 Å². The smallest absolute Gasteiger partial charge is 0.137 e. The van der Waals surface area contributed by atoms with E-state index < -0.39 is 0 Å². The van der Waals surface area contributed by atoms with Crippen molar-refractivity contribution in [2.75, 3.05) is 12.4 Å². The largest absolute Gasteiger partial charge is 0.495 e. The van der Waals surface area contributed by atoms with Crippen molar-refractivity contribution in [1.29, 1.82) is 0 Å². The minimum atomic E-state index is -0.0294. The standard InChI is InChI=1S/C29H29N3OS/c1-19(2)29(24-10-8-21(9-11-24)23-15-26(33-4)17-30-16-23)13-12-28(29)32-25-7-5-6-22(14-25)27-18-34-20(3)31-27/h5-12,14-19,32H,13H2,1-4H3. The Morgan fingerprint density at radius 2 is 1.82 bits per heavy atom. The lowest BCUT2D eigenvalue weighted by atomic mass is 9.61. The van der Waals surface area contributed by atoms with Gasteiger partial charge in [-0.1, -0.05) is 56.3 Å². The molecule has 0 fully saturated rings. The van der Waals surface area contributed by atoms with Gasteiger partial charge in [0.05, 0.1) is 24.0 Å². The first kappa shape index (κ1) is 22.4. The monoisotopic (exact) mass is 467 g/mol. The molecule has 0 spiro atoms. The number of aromatic nitrogens is 2. The summed E-state index contributed by atoms with van der Waals surface area (Å²) < 4.78 is 5.34. The molecule has 2 aromatic heterocycles. The maximum absolute atomic E-state index is 5.34. The number of thiazole rings is 1. The van der Waals surface area contributed by atoms with E-state index in [4.69, 9.17) is 4.74 Å². The van der Waals surface area contributed by atoms with Crippen molar-refractivity contribution in [3.63, 3.8) is 0 Å². The third-order valence-electron chi connectivity index (χ3n) is 6.83. The zero-order valence-electron chi connectivity index (χ0n) is 20.0. The van der Waals surface area contributed by atoms with E-state index in [1.807, 2.05) is 19.2 Å². The second-order valence-electron chi connectivity index (χ2n) is 9.10. The van der Waals surface area contributed by atoms with Crippen LogP contribution in [0.25, 0.3) is 22.4 Å². The van der Waals surface area contributed by atoms with Crippen molar-refractivity contribution in [2.24, 2.45) is 5.92 Å². The summed E-state index contributed by atoms with van der Waals surface area (Å²) in [5.74, 6) is 1.22. The highest BCUT2D eigenvalue weighted by Gasteiger charge is 2.44. The fourth-order valence-corrected chi connectivity index (χ4v) is 5.42. The molecule has 4 nitrogen and oxygen atoms in total. The minimum Gasteiger partial charge on any atom is -0.495 e. The van der Waals surface area contributed by atoms with E-state index in [2.05, 4.69) is 89.1 Å². The van der Waals surface area contributed by atoms with Gasteiger partial charge in [-0.15, -0.1) is 11.3 Å². The number of nitrogens with one attached hydrogen (secondary N) is 1. The Bertz CT molecular complexity index is 1340. The topological polar surface area (TPSA) is 47.0 Å². The average molecular weight is 468 g/mol. The third-order valence-corrected chi connectivity index (χ3v) is 7.61. The number of allylic oxidation sites excluding steroid dienone is 2. The van der Waals surface area contributed by atoms with Crippen LogP contribution < -0.4 is 10.1 Å². The van der Waals surface area contributed by atoms with Crippen LogP contribution in [0.3, 0.4) is 0 Å². The normalized spacial score (nSPS) is 17.3. The maximum atomic E-state index is 5.34. The molecular weight excluding hydrogens is 438 g/mol. The summed E-state index contributed by atoms with van der Waals surface area (Å²) in [6.45, 7) is 6.66. The van der Waals surface area contributed by atoms with Crippen LogP contribution in [0.15, 0.2) is 84.1 Å². The van der Waals surface area contributed by atoms with Crippen molar-refractivity contribution < 1.29 is 4.74 Å². The van der Waals surface area contributed by atoms with Crippen LogP contribution in [0.2, 0.25) is 0 Å². The summed E-state index contributed by atoms with van der Waals surface area (Å²) in [4.78, 5) is 8.95. The van der Waals surface area contributed by atoms with E-state index in [-0.39, 0.29) is 5.41 Å². The van der Waals surface area contributed by atoms with Crippen LogP contribution in [0.5, 0.6) is 5.75 Å². The Morgan fingerprint density at radius 3 is 2.47 bits per heavy atom. The lowest BCUT2D eigenvalue weighted by Gasteiger charge is -2.46. The Morgan fingerprint density at radius 1 is 1.00 bits per heavy atom. The number of aryl methyl sites for hydroxylation is 1. The molecule has 0 saturated heterocycles. The van der Waals surface area contributed by atoms with Crippen molar-refractivity contribution in [1.82, 2.24) is 9.97 Å². The molecule has 0 bridgehead atoms. The van der Waals surface area contributed by atoms with Gasteiger partial charge in [-0.05, 0) is 48.6 Å². The van der Waals surface area contributed by atoms with Gasteiger partial charge >= 0.3 is 0 Å². The van der Waals surface area contributed by atoms with Gasteiger partial charge in [0.2, 0.25) is 0 Å². The number of nitrogens with zero attached hydrogens (tertiary/aromatic N) is 2. The molecule has 0 radical (unpaired) electrons. The van der Waals surface area contributed by atoms with E-state index in [9.17, 15) is 0 Å². The molecule has 1 atom stereocenters. The lowest BCUT2D eigenvalue weighted by molar-refractivity contribution is 0.333. The second kappa shape index (κ2) is 9.07. The molecular formula is C29H29N3OS. The molecule has 1 unspecified atom stereocenters. The fraction of sp³-hybridized carbons (Fsp3) is 0.241. The molecule has 4 aromatic rings. The molecule has 0 aliphatic heterocycles. The number of methoxy groups -OCH3 is 1. The highest BCUT2D eigenvalue weighted by atomic mass is 32.1. The minimum absolute atomic E-state index is 0.0294. The zero-order valence-corrected chi connectivity index (χ0v) is 20.8. The summed E-state index contributed by atoms with van der Waals surface area (Å²) >= 11 is 1.68. The van der Waals surface area contributed by atoms with Gasteiger partial charge in [-0.3, -0.25) is 4.98 Å². The number of pyridine rings is 1. The third kappa shape index (κ3) is 4.01. The maximum Gasteiger partial charge on any atom is 0.137 e. The zero-order chi connectivity index (χ0) is 23.7. The lowest BCUT2D eigenvalue weighted by Crippen LogP contribution is -2.42. The highest BCUT2D eigenvalue weighted by Crippen LogP contribution is 2.50. The second-order valence-corrected chi connectivity index (χ2v) is 10.2. The Balaban J connectivity index is 1.41. The molecule has 2 aromatic carbocycles. The first-order chi connectivity index (χ1) is 16.5. The van der Waals surface area contributed by atoms with Crippen LogP contribution in [-0.4, -0.2) is 17.1 Å². The molecule has 0 saturated carbocycles. The molecule has 5 rings (SSSR count). The Labute approximate surface area is 205 Å². The predicted octanol–water partition coefficient (Wildman–Crippen LogP) is 7.48. The molecule has 1 N–H and O–H groups in total. The van der Waals surface area contributed by atoms with Crippen molar-refractivity contribution in [3.8, 4) is 28.1 Å². The summed E-state index contributed by atoms with van der Waals surface area (Å²) in [5, 5.41) is 6.94. The first-order valence-corrected chi connectivity index (χ1v) is 12.5. The van der Waals surface area contributed by atoms with E-state index in [1.54, 1.807) is 24.6 Å². The van der Waals surface area contributed by atoms with Crippen LogP contribution in [0.1, 0.15) is 30.8 Å². The summed E-state index contributed by atoms with van der Waals surface area (Å²) in [5.41, 5.74) is 8.03. The summed E-state index contributed by atoms with van der Waals surface area (Å²) in [6, 6.07) is 19.5. The van der Waals surface area contributed by atoms with Crippen molar-refractivity contribution in [2.45, 2.75) is 32.6 Å². The van der Waals surface area contributed by atoms with Crippen LogP contribution in [0.4, 0.5) is 5.69 Å². The van der Waals surface area contributed by atoms with Crippen molar-refractivity contribution >= 4 is 17.0 Å². The molecule has 34 heavy (non-hydrogen) atoms. The summed E-state index contributed by atoms with van der Waals surface area (Å²) in [6.07, 6.45) is 6.95. The molecule has 172 valence electrons. The van der Waals surface area contributed by atoms with E-state index in [0.29, 0.717) is 5.92 Å². The van der Waals surface area contributed by atoms with Gasteiger partial charge in [0.25, 0.3) is 0 Å². The molecule has 5 heteroatoms. The highest BCUT2D eigenvalue weighted by molar-refractivity contribution is 7.09. The number of anilines is 1. The van der Waals surface area contributed by atoms with Crippen LogP contribution in [-0.2, 0) is 5.41 Å². The SMILES string of the molecule is COc1cncc(-c2ccc(C3(C(C)C)CC=C3Nc3cccc(-c4csc(C)n4)c3)cc2)c1. The molecule has 1 aliphatic carbocycles. The van der Waals surface area contributed by atoms with E-state index >= 15 is 0 Å². The van der Waals surface area contributed by atoms with Gasteiger partial charge in [0.15, 0.2) is 0 Å². The van der Waals surface area contributed by atoms with Gasteiger partial charge < -0.3 is 10.1 Å². The predicted molar refractivity (Wildman–Crippen MR) is 141 cm³/mol. The fourth-order valence-electron chi connectivity index (χ4n) is 4.80. The molecule has 0 amide bonds. The number of ether oxygens (including phenoxy) is 1. The van der Waals surface area contributed by atoms with Crippen LogP contribution in [0, 0.1) is 12.8 Å². The van der Waals surface area contributed by atoms with Crippen molar-refractivity contribution in [3.05, 3.63) is 94.7 Å². The van der Waals surface area contributed by atoms with Gasteiger partial charge in [0.1, 0.15) is 5.75 Å². The molecule has 2 heterocycles. The first-order valence-electron chi connectivity index (χ1n) is 11.6. The van der Waals surface area contributed by atoms with Crippen LogP contribution >= 0.6 is 11.3 Å². The number of rotatable bonds is 7. The quantitative estimate of drug-likeness (QED) is 0.306. The van der Waals surface area contributed by atoms with Gasteiger partial charge in [-0.25, -0.2) is 4.98 Å². The van der Waals surface area contributed by atoms with Gasteiger partial charge in [-0.2, -0.15) is 0 Å². The number of hydrogen-bond donors (Lipinski definition) is 1. The average Bonchev–Trinajstić information content (AvgIpc) is 3.29.